The molecule has 0 aliphatic heterocycles. The summed E-state index contributed by atoms with van der Waals surface area (Å²) >= 11 is 6.01. The average Bonchev–Trinajstić information content (AvgIpc) is 2.49. The number of allylic oxidation sites excluding steroid dienone is 6. The second-order valence-electron chi connectivity index (χ2n) is 5.67. The van der Waals surface area contributed by atoms with Crippen LogP contribution in [0.3, 0.4) is 0 Å². The standard InChI is InChI=1S/C20H24ClN/c1-2-3-15-22(17-19-11-13-20(21)14-12-19)16-18-9-7-5-4-6-8-10-18/h2,5-7,9-11,13-14,19H,1,3,8,12,15-17H2. The van der Waals surface area contributed by atoms with Crippen molar-refractivity contribution in [3.05, 3.63) is 77.6 Å². The van der Waals surface area contributed by atoms with Crippen molar-refractivity contribution in [3.8, 4) is 0 Å². The van der Waals surface area contributed by atoms with Crippen LogP contribution >= 0.6 is 11.6 Å². The van der Waals surface area contributed by atoms with Crippen LogP contribution in [0.1, 0.15) is 19.3 Å². The highest BCUT2D eigenvalue weighted by Crippen LogP contribution is 2.20. The lowest BCUT2D eigenvalue weighted by Crippen LogP contribution is -2.31. The molecule has 0 radical (unpaired) electrons. The summed E-state index contributed by atoms with van der Waals surface area (Å²) in [4.78, 5) is 2.51. The minimum absolute atomic E-state index is 0.547. The first-order chi connectivity index (χ1) is 10.8. The highest BCUT2D eigenvalue weighted by atomic mass is 35.5. The van der Waals surface area contributed by atoms with E-state index < -0.39 is 0 Å². The van der Waals surface area contributed by atoms with Gasteiger partial charge in [0, 0.05) is 24.7 Å². The monoisotopic (exact) mass is 313 g/mol. The predicted octanol–water partition coefficient (Wildman–Crippen LogP) is 5.16. The minimum Gasteiger partial charge on any atom is -0.298 e. The fourth-order valence-electron chi connectivity index (χ4n) is 2.63. The van der Waals surface area contributed by atoms with Gasteiger partial charge in [0.25, 0.3) is 0 Å². The molecule has 0 saturated heterocycles. The van der Waals surface area contributed by atoms with Crippen LogP contribution in [0.2, 0.25) is 0 Å². The Bertz CT molecular complexity index is 556. The number of nitrogens with zero attached hydrogens (tertiary/aromatic N) is 1. The maximum absolute atomic E-state index is 6.01. The van der Waals surface area contributed by atoms with Crippen LogP contribution in [0.4, 0.5) is 0 Å². The lowest BCUT2D eigenvalue weighted by molar-refractivity contribution is 0.273. The first-order valence-electron chi connectivity index (χ1n) is 7.91. The Hall–Kier alpha value is -1.53. The fraction of sp³-hybridized carbons (Fsp3) is 0.350. The largest absolute Gasteiger partial charge is 0.298 e. The van der Waals surface area contributed by atoms with E-state index in [4.69, 9.17) is 11.6 Å². The van der Waals surface area contributed by atoms with Gasteiger partial charge in [0.15, 0.2) is 0 Å². The van der Waals surface area contributed by atoms with Crippen molar-refractivity contribution < 1.29 is 0 Å². The van der Waals surface area contributed by atoms with E-state index in [9.17, 15) is 0 Å². The van der Waals surface area contributed by atoms with E-state index in [2.05, 4.69) is 53.7 Å². The van der Waals surface area contributed by atoms with Gasteiger partial charge in [0.1, 0.15) is 0 Å². The molecule has 1 nitrogen and oxygen atoms in total. The first kappa shape index (κ1) is 16.8. The molecule has 0 aromatic carbocycles. The van der Waals surface area contributed by atoms with Crippen molar-refractivity contribution in [1.29, 1.82) is 0 Å². The fourth-order valence-corrected chi connectivity index (χ4v) is 2.79. The molecule has 0 fully saturated rings. The van der Waals surface area contributed by atoms with E-state index in [1.54, 1.807) is 0 Å². The molecule has 0 saturated carbocycles. The molecule has 1 unspecified atom stereocenters. The summed E-state index contributed by atoms with van der Waals surface area (Å²) in [6.07, 6.45) is 21.9. The van der Waals surface area contributed by atoms with Gasteiger partial charge in [-0.05, 0) is 49.0 Å². The molecular formula is C20H24ClN. The molecule has 0 amide bonds. The van der Waals surface area contributed by atoms with Crippen LogP contribution in [0.15, 0.2) is 77.6 Å². The molecule has 2 rings (SSSR count). The van der Waals surface area contributed by atoms with Gasteiger partial charge in [-0.3, -0.25) is 4.90 Å². The Morgan fingerprint density at radius 1 is 1.36 bits per heavy atom. The molecule has 0 aromatic heterocycles. The molecule has 2 heteroatoms. The lowest BCUT2D eigenvalue weighted by atomic mass is 9.99. The summed E-state index contributed by atoms with van der Waals surface area (Å²) < 4.78 is 0. The topological polar surface area (TPSA) is 3.24 Å². The van der Waals surface area contributed by atoms with Crippen molar-refractivity contribution in [3.63, 3.8) is 0 Å². The van der Waals surface area contributed by atoms with Gasteiger partial charge in [0.2, 0.25) is 0 Å². The maximum atomic E-state index is 6.01. The summed E-state index contributed by atoms with van der Waals surface area (Å²) in [5, 5.41) is 0.859. The zero-order valence-electron chi connectivity index (χ0n) is 13.0. The average molecular weight is 314 g/mol. The summed E-state index contributed by atoms with van der Waals surface area (Å²) in [6.45, 7) is 6.93. The van der Waals surface area contributed by atoms with Crippen molar-refractivity contribution in [2.75, 3.05) is 19.6 Å². The Balaban J connectivity index is 1.95. The summed E-state index contributed by atoms with van der Waals surface area (Å²) in [5.41, 5.74) is 4.50. The van der Waals surface area contributed by atoms with Crippen molar-refractivity contribution in [1.82, 2.24) is 4.90 Å². The Morgan fingerprint density at radius 3 is 3.05 bits per heavy atom. The van der Waals surface area contributed by atoms with Crippen molar-refractivity contribution in [2.45, 2.75) is 19.3 Å². The van der Waals surface area contributed by atoms with E-state index in [0.717, 1.165) is 43.9 Å². The van der Waals surface area contributed by atoms with E-state index >= 15 is 0 Å². The third-order valence-electron chi connectivity index (χ3n) is 3.81. The van der Waals surface area contributed by atoms with Gasteiger partial charge in [-0.15, -0.1) is 12.3 Å². The molecule has 116 valence electrons. The van der Waals surface area contributed by atoms with Crippen molar-refractivity contribution in [2.24, 2.45) is 5.92 Å². The van der Waals surface area contributed by atoms with Crippen LogP contribution in [-0.4, -0.2) is 24.5 Å². The van der Waals surface area contributed by atoms with Crippen LogP contribution in [0, 0.1) is 5.92 Å². The third-order valence-corrected chi connectivity index (χ3v) is 4.09. The summed E-state index contributed by atoms with van der Waals surface area (Å²) in [5.74, 6) is 0.547. The zero-order valence-corrected chi connectivity index (χ0v) is 13.8. The van der Waals surface area contributed by atoms with Crippen LogP contribution in [-0.2, 0) is 0 Å². The summed E-state index contributed by atoms with van der Waals surface area (Å²) in [7, 11) is 0. The zero-order chi connectivity index (χ0) is 15.6. The lowest BCUT2D eigenvalue weighted by Gasteiger charge is -2.27. The van der Waals surface area contributed by atoms with E-state index in [-0.39, 0.29) is 0 Å². The Kier molecular flexibility index (Phi) is 7.25. The summed E-state index contributed by atoms with van der Waals surface area (Å²) in [6, 6.07) is 0. The van der Waals surface area contributed by atoms with Crippen molar-refractivity contribution >= 4 is 11.6 Å². The predicted molar refractivity (Wildman–Crippen MR) is 96.9 cm³/mol. The quantitative estimate of drug-likeness (QED) is 0.463. The van der Waals surface area contributed by atoms with Crippen LogP contribution in [0.5, 0.6) is 0 Å². The molecule has 2 aliphatic carbocycles. The Labute approximate surface area is 139 Å². The van der Waals surface area contributed by atoms with Crippen LogP contribution in [0.25, 0.3) is 0 Å². The molecule has 0 aromatic rings. The van der Waals surface area contributed by atoms with Crippen LogP contribution < -0.4 is 0 Å². The smallest absolute Gasteiger partial charge is 0.0363 e. The first-order valence-corrected chi connectivity index (χ1v) is 8.29. The number of halogens is 1. The maximum Gasteiger partial charge on any atom is 0.0363 e. The van der Waals surface area contributed by atoms with Gasteiger partial charge in [-0.1, -0.05) is 48.1 Å². The highest BCUT2D eigenvalue weighted by molar-refractivity contribution is 6.31. The molecule has 22 heavy (non-hydrogen) atoms. The highest BCUT2D eigenvalue weighted by Gasteiger charge is 2.14. The van der Waals surface area contributed by atoms with Gasteiger partial charge < -0.3 is 0 Å². The minimum atomic E-state index is 0.547. The molecule has 1 atom stereocenters. The molecule has 0 spiro atoms. The SMILES string of the molecule is C=CCCN(CC1=CCC=C=CC=C1)CC1C=CC(Cl)=CC1. The molecule has 2 aliphatic rings. The van der Waals surface area contributed by atoms with E-state index in [0.29, 0.717) is 5.92 Å². The molecule has 0 N–H and O–H groups in total. The third kappa shape index (κ3) is 6.07. The van der Waals surface area contributed by atoms with Gasteiger partial charge in [-0.25, -0.2) is 0 Å². The van der Waals surface area contributed by atoms with Gasteiger partial charge in [-0.2, -0.15) is 0 Å². The Morgan fingerprint density at radius 2 is 2.27 bits per heavy atom. The second-order valence-corrected chi connectivity index (χ2v) is 6.10. The normalized spacial score (nSPS) is 20.5. The number of hydrogen-bond acceptors (Lipinski definition) is 1. The molecule has 0 heterocycles. The van der Waals surface area contributed by atoms with Gasteiger partial charge >= 0.3 is 0 Å². The molecule has 0 bridgehead atoms. The molecular weight excluding hydrogens is 290 g/mol. The number of hydrogen-bond donors (Lipinski definition) is 0. The second kappa shape index (κ2) is 9.48. The van der Waals surface area contributed by atoms with Gasteiger partial charge in [0.05, 0.1) is 0 Å². The van der Waals surface area contributed by atoms with E-state index in [1.165, 1.54) is 5.57 Å². The number of rotatable bonds is 7. The van der Waals surface area contributed by atoms with E-state index in [1.807, 2.05) is 18.2 Å².